The molecule has 4 saturated carbocycles. The third-order valence-corrected chi connectivity index (χ3v) is 8.90. The topological polar surface area (TPSA) is 59.0 Å². The fourth-order valence-corrected chi connectivity index (χ4v) is 7.82. The number of hydrogen-bond acceptors (Lipinski definition) is 3. The summed E-state index contributed by atoms with van der Waals surface area (Å²) in [5.74, 6) is 2.24. The Kier molecular flexibility index (Phi) is 5.18. The van der Waals surface area contributed by atoms with Crippen LogP contribution in [0.3, 0.4) is 0 Å². The molecular formula is C28H37FN4O. The van der Waals surface area contributed by atoms with Gasteiger partial charge in [0, 0.05) is 23.7 Å². The number of nitrogens with zero attached hydrogens (tertiary/aromatic N) is 2. The van der Waals surface area contributed by atoms with Crippen LogP contribution in [-0.2, 0) is 10.3 Å². The third kappa shape index (κ3) is 3.98. The van der Waals surface area contributed by atoms with E-state index in [4.69, 9.17) is 5.10 Å². The monoisotopic (exact) mass is 464 g/mol. The van der Waals surface area contributed by atoms with Crippen molar-refractivity contribution in [3.8, 4) is 0 Å². The SMILES string of the molecule is CC(C)(C)n1ccc([C@H]2C[C@@H](C(=O)NC34CC5CC(CC(C5)C3)C4)N[C@H]2c2cccc(F)c2)n1. The number of benzene rings is 1. The number of hydrogen-bond donors (Lipinski definition) is 2. The van der Waals surface area contributed by atoms with E-state index in [0.29, 0.717) is 6.42 Å². The smallest absolute Gasteiger partial charge is 0.237 e. The molecule has 1 aromatic heterocycles. The van der Waals surface area contributed by atoms with Crippen LogP contribution in [0.5, 0.6) is 0 Å². The van der Waals surface area contributed by atoms with Gasteiger partial charge in [-0.1, -0.05) is 12.1 Å². The number of carbonyl (C=O) groups excluding carboxylic acids is 1. The molecule has 0 radical (unpaired) electrons. The van der Waals surface area contributed by atoms with Gasteiger partial charge in [0.25, 0.3) is 0 Å². The molecule has 0 unspecified atom stereocenters. The summed E-state index contributed by atoms with van der Waals surface area (Å²) in [5, 5.41) is 12.0. The lowest BCUT2D eigenvalue weighted by molar-refractivity contribution is -0.128. The number of nitrogens with one attached hydrogen (secondary N) is 2. The third-order valence-electron chi connectivity index (χ3n) is 8.90. The quantitative estimate of drug-likeness (QED) is 0.666. The molecule has 5 aliphatic rings. The molecule has 2 heterocycles. The Morgan fingerprint density at radius 2 is 1.76 bits per heavy atom. The molecular weight excluding hydrogens is 427 g/mol. The van der Waals surface area contributed by atoms with Gasteiger partial charge in [0.2, 0.25) is 5.91 Å². The number of halogens is 1. The van der Waals surface area contributed by atoms with Crippen LogP contribution < -0.4 is 10.6 Å². The van der Waals surface area contributed by atoms with Crippen molar-refractivity contribution in [3.63, 3.8) is 0 Å². The molecule has 5 fully saturated rings. The molecule has 6 heteroatoms. The maximum absolute atomic E-state index is 14.1. The summed E-state index contributed by atoms with van der Waals surface area (Å²) < 4.78 is 16.1. The van der Waals surface area contributed by atoms with E-state index in [1.165, 1.54) is 25.3 Å². The highest BCUT2D eigenvalue weighted by atomic mass is 19.1. The summed E-state index contributed by atoms with van der Waals surface area (Å²) in [6, 6.07) is 8.37. The summed E-state index contributed by atoms with van der Waals surface area (Å²) in [6.45, 7) is 6.38. The summed E-state index contributed by atoms with van der Waals surface area (Å²) in [6.07, 6.45) is 10.2. The van der Waals surface area contributed by atoms with Gasteiger partial charge in [-0.05, 0) is 107 Å². The zero-order chi connectivity index (χ0) is 23.7. The molecule has 5 nitrogen and oxygen atoms in total. The Labute approximate surface area is 201 Å². The van der Waals surface area contributed by atoms with Gasteiger partial charge in [-0.15, -0.1) is 0 Å². The summed E-state index contributed by atoms with van der Waals surface area (Å²) >= 11 is 0. The molecule has 3 atom stereocenters. The highest BCUT2D eigenvalue weighted by molar-refractivity contribution is 5.83. The van der Waals surface area contributed by atoms with Gasteiger partial charge >= 0.3 is 0 Å². The normalized spacial score (nSPS) is 36.7. The van der Waals surface area contributed by atoms with Gasteiger partial charge in [0.05, 0.1) is 17.3 Å². The Hall–Kier alpha value is -2.21. The van der Waals surface area contributed by atoms with Crippen LogP contribution in [0.2, 0.25) is 0 Å². The lowest BCUT2D eigenvalue weighted by Crippen LogP contribution is -2.62. The Bertz CT molecular complexity index is 1050. The highest BCUT2D eigenvalue weighted by Gasteiger charge is 2.52. The molecule has 1 saturated heterocycles. The first kappa shape index (κ1) is 22.3. The average molecular weight is 465 g/mol. The molecule has 1 aromatic carbocycles. The predicted molar refractivity (Wildman–Crippen MR) is 130 cm³/mol. The van der Waals surface area contributed by atoms with Crippen molar-refractivity contribution in [2.24, 2.45) is 17.8 Å². The van der Waals surface area contributed by atoms with Gasteiger partial charge < -0.3 is 5.32 Å². The maximum Gasteiger partial charge on any atom is 0.237 e. The van der Waals surface area contributed by atoms with Gasteiger partial charge in [0.1, 0.15) is 5.82 Å². The van der Waals surface area contributed by atoms with E-state index in [2.05, 4.69) is 37.5 Å². The first-order valence-corrected chi connectivity index (χ1v) is 13.1. The van der Waals surface area contributed by atoms with Crippen molar-refractivity contribution < 1.29 is 9.18 Å². The minimum absolute atomic E-state index is 0.00619. The van der Waals surface area contributed by atoms with Gasteiger partial charge in [-0.25, -0.2) is 4.39 Å². The van der Waals surface area contributed by atoms with E-state index in [0.717, 1.165) is 48.3 Å². The minimum atomic E-state index is -0.300. The molecule has 1 amide bonds. The Morgan fingerprint density at radius 1 is 1.09 bits per heavy atom. The summed E-state index contributed by atoms with van der Waals surface area (Å²) in [5.41, 5.74) is 1.71. The second kappa shape index (κ2) is 7.91. The van der Waals surface area contributed by atoms with Crippen LogP contribution in [-0.4, -0.2) is 27.3 Å². The lowest BCUT2D eigenvalue weighted by Gasteiger charge is -2.57. The molecule has 4 aliphatic carbocycles. The lowest BCUT2D eigenvalue weighted by atomic mass is 9.53. The number of aromatic nitrogens is 2. The highest BCUT2D eigenvalue weighted by Crippen LogP contribution is 2.55. The van der Waals surface area contributed by atoms with E-state index in [9.17, 15) is 9.18 Å². The van der Waals surface area contributed by atoms with E-state index >= 15 is 0 Å². The van der Waals surface area contributed by atoms with Gasteiger partial charge in [0.15, 0.2) is 0 Å². The molecule has 182 valence electrons. The van der Waals surface area contributed by atoms with Gasteiger partial charge in [-0.2, -0.15) is 5.10 Å². The molecule has 2 aromatic rings. The summed E-state index contributed by atoms with van der Waals surface area (Å²) in [7, 11) is 0. The van der Waals surface area contributed by atoms with Crippen LogP contribution in [0, 0.1) is 23.6 Å². The van der Waals surface area contributed by atoms with E-state index in [1.807, 2.05) is 16.9 Å². The molecule has 34 heavy (non-hydrogen) atoms. The maximum atomic E-state index is 14.1. The molecule has 7 rings (SSSR count). The zero-order valence-electron chi connectivity index (χ0n) is 20.6. The van der Waals surface area contributed by atoms with Crippen molar-refractivity contribution in [2.75, 3.05) is 0 Å². The van der Waals surface area contributed by atoms with E-state index in [1.54, 1.807) is 12.1 Å². The summed E-state index contributed by atoms with van der Waals surface area (Å²) in [4.78, 5) is 13.6. The first-order valence-electron chi connectivity index (χ1n) is 13.1. The van der Waals surface area contributed by atoms with Crippen LogP contribution >= 0.6 is 0 Å². The number of amides is 1. The molecule has 2 N–H and O–H groups in total. The largest absolute Gasteiger partial charge is 0.349 e. The second-order valence-corrected chi connectivity index (χ2v) is 12.6. The van der Waals surface area contributed by atoms with E-state index in [-0.39, 0.29) is 40.8 Å². The van der Waals surface area contributed by atoms with Crippen molar-refractivity contribution in [2.45, 2.75) is 94.8 Å². The van der Waals surface area contributed by atoms with Crippen molar-refractivity contribution in [1.82, 2.24) is 20.4 Å². The van der Waals surface area contributed by atoms with Crippen LogP contribution in [0.15, 0.2) is 36.5 Å². The Balaban J connectivity index is 1.25. The second-order valence-electron chi connectivity index (χ2n) is 12.6. The fourth-order valence-electron chi connectivity index (χ4n) is 7.82. The van der Waals surface area contributed by atoms with Crippen LogP contribution in [0.4, 0.5) is 4.39 Å². The zero-order valence-corrected chi connectivity index (χ0v) is 20.6. The Morgan fingerprint density at radius 3 is 2.35 bits per heavy atom. The van der Waals surface area contributed by atoms with Crippen molar-refractivity contribution in [1.29, 1.82) is 0 Å². The van der Waals surface area contributed by atoms with Crippen LogP contribution in [0.1, 0.15) is 88.9 Å². The van der Waals surface area contributed by atoms with Crippen molar-refractivity contribution >= 4 is 5.91 Å². The standard InChI is InChI=1S/C28H37FN4O/c1-27(2,3)33-8-7-23(32-33)22-13-24(30-25(22)20-5-4-6-21(29)12-20)26(34)31-28-14-17-9-18(15-28)11-19(10-17)16-28/h4-8,12,17-19,22,24-25,30H,9-11,13-16H2,1-3H3,(H,31,34)/t17?,18?,19?,22-,24+,25+,28?/m1/s1. The van der Waals surface area contributed by atoms with Gasteiger partial charge in [-0.3, -0.25) is 14.8 Å². The molecule has 0 spiro atoms. The first-order chi connectivity index (χ1) is 16.2. The number of rotatable bonds is 4. The van der Waals surface area contributed by atoms with Crippen molar-refractivity contribution in [3.05, 3.63) is 53.6 Å². The molecule has 1 aliphatic heterocycles. The average Bonchev–Trinajstić information content (AvgIpc) is 3.40. The number of carbonyl (C=O) groups is 1. The molecule has 4 bridgehead atoms. The predicted octanol–water partition coefficient (Wildman–Crippen LogP) is 5.05. The van der Waals surface area contributed by atoms with E-state index < -0.39 is 0 Å². The van der Waals surface area contributed by atoms with Crippen LogP contribution in [0.25, 0.3) is 0 Å². The fraction of sp³-hybridized carbons (Fsp3) is 0.643. The minimum Gasteiger partial charge on any atom is -0.349 e.